The summed E-state index contributed by atoms with van der Waals surface area (Å²) in [7, 11) is 13.2. The quantitative estimate of drug-likeness (QED) is 0.0615. The van der Waals surface area contributed by atoms with E-state index < -0.39 is 0 Å². The van der Waals surface area contributed by atoms with Crippen molar-refractivity contribution >= 4 is 46.3 Å². The van der Waals surface area contributed by atoms with Crippen LogP contribution in [-0.2, 0) is 0 Å². The molecule has 2 aliphatic rings. The summed E-state index contributed by atoms with van der Waals surface area (Å²) in [5.41, 5.74) is 5.17. The second kappa shape index (κ2) is 19.4. The molecule has 4 aromatic rings. The number of fused-ring (bicyclic) bond motifs is 4. The molecule has 0 saturated carbocycles. The summed E-state index contributed by atoms with van der Waals surface area (Å²) in [5.74, 6) is 2.96. The highest BCUT2D eigenvalue weighted by molar-refractivity contribution is 8.00. The minimum absolute atomic E-state index is 0.556. The van der Waals surface area contributed by atoms with Crippen LogP contribution in [0.25, 0.3) is 0 Å². The molecule has 56 heavy (non-hydrogen) atoms. The maximum absolute atomic E-state index is 5.62. The Hall–Kier alpha value is -3.30. The molecule has 0 N–H and O–H groups in total. The third kappa shape index (κ3) is 11.2. The van der Waals surface area contributed by atoms with Crippen molar-refractivity contribution in [2.75, 3.05) is 91.5 Å². The van der Waals surface area contributed by atoms with Gasteiger partial charge >= 0.3 is 0 Å². The van der Waals surface area contributed by atoms with Crippen LogP contribution in [0, 0.1) is 11.8 Å². The van der Waals surface area contributed by atoms with E-state index in [1.54, 1.807) is 14.2 Å². The number of methoxy groups -OCH3 is 2. The summed E-state index contributed by atoms with van der Waals surface area (Å²) in [6, 6.07) is 30.7. The zero-order valence-electron chi connectivity index (χ0n) is 35.6. The lowest BCUT2D eigenvalue weighted by atomic mass is 10.1. The van der Waals surface area contributed by atoms with Gasteiger partial charge in [0.1, 0.15) is 11.5 Å². The SMILES string of the molecule is COc1ccc2c(c1)N(C[C@H](C)C[N+](C)(C)CCCCCCCCCC[N+](C)(C)C[C@@H](C)CN1c3ccccc3Sc3ccc(OC)cc31)c1ccccc1S2. The molecule has 0 saturated heterocycles. The summed E-state index contributed by atoms with van der Waals surface area (Å²) in [6.45, 7) is 11.7. The largest absolute Gasteiger partial charge is 0.497 e. The van der Waals surface area contributed by atoms with E-state index in [0.717, 1.165) is 33.6 Å². The van der Waals surface area contributed by atoms with Gasteiger partial charge in [0.25, 0.3) is 0 Å². The summed E-state index contributed by atoms with van der Waals surface area (Å²) in [4.78, 5) is 10.3. The Morgan fingerprint density at radius 3 is 1.23 bits per heavy atom. The van der Waals surface area contributed by atoms with Gasteiger partial charge < -0.3 is 28.2 Å². The molecule has 302 valence electrons. The number of hydrogen-bond acceptors (Lipinski definition) is 6. The Kier molecular flexibility index (Phi) is 14.7. The van der Waals surface area contributed by atoms with Gasteiger partial charge in [-0.3, -0.25) is 0 Å². The van der Waals surface area contributed by atoms with Crippen LogP contribution in [0.4, 0.5) is 22.7 Å². The highest BCUT2D eigenvalue weighted by atomic mass is 32.2. The third-order valence-corrected chi connectivity index (χ3v) is 13.8. The number of benzene rings is 4. The van der Waals surface area contributed by atoms with E-state index in [1.165, 1.54) is 120 Å². The average molecular weight is 797 g/mol. The van der Waals surface area contributed by atoms with E-state index in [-0.39, 0.29) is 0 Å². The molecule has 2 aliphatic heterocycles. The molecule has 0 bridgehead atoms. The van der Waals surface area contributed by atoms with Crippen LogP contribution < -0.4 is 19.3 Å². The van der Waals surface area contributed by atoms with Crippen molar-refractivity contribution in [3.8, 4) is 11.5 Å². The molecule has 0 radical (unpaired) electrons. The monoisotopic (exact) mass is 796 g/mol. The number of hydrogen-bond donors (Lipinski definition) is 0. The third-order valence-electron chi connectivity index (χ3n) is 11.5. The van der Waals surface area contributed by atoms with Gasteiger partial charge in [-0.05, 0) is 74.2 Å². The lowest BCUT2D eigenvalue weighted by Gasteiger charge is -2.37. The maximum atomic E-state index is 5.62. The van der Waals surface area contributed by atoms with E-state index in [1.807, 2.05) is 23.5 Å². The molecule has 0 spiro atoms. The van der Waals surface area contributed by atoms with Gasteiger partial charge in [-0.2, -0.15) is 0 Å². The first-order valence-electron chi connectivity index (χ1n) is 21.0. The van der Waals surface area contributed by atoms with Crippen LogP contribution in [0.15, 0.2) is 105 Å². The van der Waals surface area contributed by atoms with Gasteiger partial charge in [0.15, 0.2) is 0 Å². The summed E-state index contributed by atoms with van der Waals surface area (Å²) < 4.78 is 13.4. The Labute approximate surface area is 347 Å². The predicted molar refractivity (Wildman–Crippen MR) is 240 cm³/mol. The molecule has 0 aliphatic carbocycles. The van der Waals surface area contributed by atoms with Crippen molar-refractivity contribution in [1.82, 2.24) is 0 Å². The van der Waals surface area contributed by atoms with Crippen LogP contribution >= 0.6 is 23.5 Å². The number of quaternary nitrogens is 2. The number of nitrogens with zero attached hydrogens (tertiary/aromatic N) is 4. The fourth-order valence-corrected chi connectivity index (χ4v) is 11.2. The minimum atomic E-state index is 0.556. The van der Waals surface area contributed by atoms with E-state index in [2.05, 4.69) is 137 Å². The van der Waals surface area contributed by atoms with Crippen molar-refractivity contribution in [1.29, 1.82) is 0 Å². The molecular weight excluding hydrogens is 729 g/mol. The van der Waals surface area contributed by atoms with Gasteiger partial charge in [0.05, 0.1) is 91.3 Å². The summed E-state index contributed by atoms with van der Waals surface area (Å²) in [6.07, 6.45) is 10.8. The molecule has 2 heterocycles. The Morgan fingerprint density at radius 2 is 0.839 bits per heavy atom. The van der Waals surface area contributed by atoms with Gasteiger partial charge in [-0.25, -0.2) is 0 Å². The smallest absolute Gasteiger partial charge is 0.121 e. The highest BCUT2D eigenvalue weighted by Crippen LogP contribution is 2.50. The van der Waals surface area contributed by atoms with E-state index in [9.17, 15) is 0 Å². The van der Waals surface area contributed by atoms with Crippen molar-refractivity contribution in [2.24, 2.45) is 11.8 Å². The zero-order valence-corrected chi connectivity index (χ0v) is 37.2. The van der Waals surface area contributed by atoms with Crippen molar-refractivity contribution in [3.63, 3.8) is 0 Å². The van der Waals surface area contributed by atoms with Crippen molar-refractivity contribution < 1.29 is 18.4 Å². The van der Waals surface area contributed by atoms with E-state index in [0.29, 0.717) is 11.8 Å². The first-order chi connectivity index (χ1) is 26.9. The van der Waals surface area contributed by atoms with Crippen LogP contribution in [-0.4, -0.2) is 90.6 Å². The molecule has 6 rings (SSSR count). The van der Waals surface area contributed by atoms with Crippen LogP contribution in [0.2, 0.25) is 0 Å². The maximum Gasteiger partial charge on any atom is 0.121 e. The first kappa shape index (κ1) is 42.3. The molecule has 2 atom stereocenters. The standard InChI is InChI=1S/C48H68N4O2S2/c1-37(33-49-41-21-15-17-23-45(41)55-47-27-25-39(53-7)31-43(47)49)35-51(3,4)29-19-13-11-9-10-12-14-20-30-52(5,6)36-38(2)34-50-42-22-16-18-24-46(42)56-48-28-26-40(54-8)32-44(48)50/h15-18,21-28,31-32,37-38H,9-14,19-20,29-30,33-36H2,1-8H3/q+2/t37-,38-/m0/s1. The van der Waals surface area contributed by atoms with Crippen molar-refractivity contribution in [3.05, 3.63) is 84.9 Å². The first-order valence-corrected chi connectivity index (χ1v) is 22.7. The van der Waals surface area contributed by atoms with Crippen LogP contribution in [0.3, 0.4) is 0 Å². The normalized spacial score (nSPS) is 14.7. The predicted octanol–water partition coefficient (Wildman–Crippen LogP) is 12.2. The second-order valence-electron chi connectivity index (χ2n) is 17.8. The topological polar surface area (TPSA) is 24.9 Å². The molecule has 8 heteroatoms. The van der Waals surface area contributed by atoms with Gasteiger partial charge in [0.2, 0.25) is 0 Å². The minimum Gasteiger partial charge on any atom is -0.497 e. The number of rotatable bonds is 21. The molecule has 0 aromatic heterocycles. The Morgan fingerprint density at radius 1 is 0.482 bits per heavy atom. The van der Waals surface area contributed by atoms with E-state index >= 15 is 0 Å². The van der Waals surface area contributed by atoms with Gasteiger partial charge in [-0.15, -0.1) is 0 Å². The average Bonchev–Trinajstić information content (AvgIpc) is 3.17. The van der Waals surface area contributed by atoms with Crippen molar-refractivity contribution in [2.45, 2.75) is 84.8 Å². The van der Waals surface area contributed by atoms with Crippen LogP contribution in [0.1, 0.15) is 65.2 Å². The van der Waals surface area contributed by atoms with Crippen LogP contribution in [0.5, 0.6) is 11.5 Å². The molecule has 0 fully saturated rings. The zero-order chi connectivity index (χ0) is 39.7. The lowest BCUT2D eigenvalue weighted by molar-refractivity contribution is -0.893. The number of para-hydroxylation sites is 2. The number of unbranched alkanes of at least 4 members (excludes halogenated alkanes) is 7. The fourth-order valence-electron chi connectivity index (χ4n) is 9.01. The summed E-state index contributed by atoms with van der Waals surface area (Å²) in [5, 5.41) is 0. The Bertz CT molecular complexity index is 1740. The second-order valence-corrected chi connectivity index (χ2v) is 19.9. The molecule has 6 nitrogen and oxygen atoms in total. The molecule has 0 amide bonds. The summed E-state index contributed by atoms with van der Waals surface area (Å²) >= 11 is 3.73. The lowest BCUT2D eigenvalue weighted by Crippen LogP contribution is -2.45. The fraction of sp³-hybridized carbons (Fsp3) is 0.500. The molecule has 0 unspecified atom stereocenters. The molecule has 4 aromatic carbocycles. The number of ether oxygens (including phenoxy) is 2. The van der Waals surface area contributed by atoms with Gasteiger partial charge in [0, 0.05) is 56.6 Å². The Balaban J connectivity index is 0.860. The molecular formula is C48H68N4O2S2+2. The van der Waals surface area contributed by atoms with Gasteiger partial charge in [-0.1, -0.05) is 87.3 Å². The van der Waals surface area contributed by atoms with E-state index in [4.69, 9.17) is 9.47 Å². The number of anilines is 4. The highest BCUT2D eigenvalue weighted by Gasteiger charge is 2.29.